The molecule has 3 aliphatic rings. The minimum atomic E-state index is 0.283. The van der Waals surface area contributed by atoms with Gasteiger partial charge in [0, 0.05) is 32.8 Å². The number of hydrogen-bond acceptors (Lipinski definition) is 4. The molecule has 0 aromatic heterocycles. The van der Waals surface area contributed by atoms with Crippen molar-refractivity contribution >= 4 is 0 Å². The minimum Gasteiger partial charge on any atom is -0.378 e. The fraction of sp³-hybridized carbons (Fsp3) is 1.00. The van der Waals surface area contributed by atoms with Crippen LogP contribution in [0, 0.1) is 11.3 Å². The van der Waals surface area contributed by atoms with Crippen LogP contribution in [0.25, 0.3) is 0 Å². The maximum absolute atomic E-state index is 5.83. The molecule has 19 heavy (non-hydrogen) atoms. The van der Waals surface area contributed by atoms with E-state index in [0.29, 0.717) is 5.41 Å². The normalized spacial score (nSPS) is 36.8. The van der Waals surface area contributed by atoms with Gasteiger partial charge in [0.25, 0.3) is 0 Å². The summed E-state index contributed by atoms with van der Waals surface area (Å²) >= 11 is 0. The predicted octanol–water partition coefficient (Wildman–Crippen LogP) is 1.11. The number of nitrogens with one attached hydrogen (secondary N) is 1. The Kier molecular flexibility index (Phi) is 4.42. The van der Waals surface area contributed by atoms with E-state index in [1.54, 1.807) is 0 Å². The summed E-state index contributed by atoms with van der Waals surface area (Å²) in [6.45, 7) is 10.6. The van der Waals surface area contributed by atoms with Gasteiger partial charge in [0.1, 0.15) is 0 Å². The van der Waals surface area contributed by atoms with Gasteiger partial charge in [-0.3, -0.25) is 4.90 Å². The summed E-state index contributed by atoms with van der Waals surface area (Å²) in [4.78, 5) is 2.57. The lowest BCUT2D eigenvalue weighted by Gasteiger charge is -2.37. The first-order valence-corrected chi connectivity index (χ1v) is 7.86. The average Bonchev–Trinajstić information content (AvgIpc) is 3.11. The van der Waals surface area contributed by atoms with Crippen LogP contribution in [0.15, 0.2) is 0 Å². The molecule has 1 saturated carbocycles. The molecule has 0 aromatic carbocycles. The van der Waals surface area contributed by atoms with Crippen LogP contribution >= 0.6 is 0 Å². The molecule has 1 N–H and O–H groups in total. The van der Waals surface area contributed by atoms with Gasteiger partial charge in [-0.2, -0.15) is 0 Å². The fourth-order valence-corrected chi connectivity index (χ4v) is 3.22. The van der Waals surface area contributed by atoms with E-state index < -0.39 is 0 Å². The second-order valence-electron chi connectivity index (χ2n) is 6.95. The van der Waals surface area contributed by atoms with Crippen molar-refractivity contribution in [2.24, 2.45) is 11.3 Å². The smallest absolute Gasteiger partial charge is 0.0935 e. The Morgan fingerprint density at radius 3 is 3.00 bits per heavy atom. The molecule has 2 unspecified atom stereocenters. The molecule has 110 valence electrons. The Morgan fingerprint density at radius 1 is 1.37 bits per heavy atom. The lowest BCUT2D eigenvalue weighted by Crippen LogP contribution is -2.48. The third kappa shape index (κ3) is 4.15. The molecule has 1 aliphatic carbocycles. The lowest BCUT2D eigenvalue weighted by molar-refractivity contribution is -0.0763. The van der Waals surface area contributed by atoms with E-state index in [1.807, 2.05) is 0 Å². The largest absolute Gasteiger partial charge is 0.378 e. The van der Waals surface area contributed by atoms with E-state index in [2.05, 4.69) is 17.1 Å². The van der Waals surface area contributed by atoms with E-state index in [9.17, 15) is 0 Å². The van der Waals surface area contributed by atoms with Crippen molar-refractivity contribution < 1.29 is 9.47 Å². The maximum atomic E-state index is 5.83. The topological polar surface area (TPSA) is 33.7 Å². The molecule has 0 aromatic rings. The Labute approximate surface area is 116 Å². The molecule has 0 amide bonds. The zero-order valence-corrected chi connectivity index (χ0v) is 12.2. The summed E-state index contributed by atoms with van der Waals surface area (Å²) in [6.07, 6.45) is 4.31. The third-order valence-electron chi connectivity index (χ3n) is 4.64. The van der Waals surface area contributed by atoms with Crippen molar-refractivity contribution in [2.45, 2.75) is 32.3 Å². The number of hydrogen-bond donors (Lipinski definition) is 1. The van der Waals surface area contributed by atoms with Crippen LogP contribution in [0.3, 0.4) is 0 Å². The third-order valence-corrected chi connectivity index (χ3v) is 4.64. The van der Waals surface area contributed by atoms with Gasteiger partial charge < -0.3 is 14.8 Å². The molecule has 3 rings (SSSR count). The van der Waals surface area contributed by atoms with Gasteiger partial charge >= 0.3 is 0 Å². The summed E-state index contributed by atoms with van der Waals surface area (Å²) in [7, 11) is 0. The summed E-state index contributed by atoms with van der Waals surface area (Å²) in [5, 5.41) is 3.48. The maximum Gasteiger partial charge on any atom is 0.0935 e. The number of rotatable bonds is 6. The molecule has 2 heterocycles. The summed E-state index contributed by atoms with van der Waals surface area (Å²) < 4.78 is 11.6. The first kappa shape index (κ1) is 13.8. The lowest BCUT2D eigenvalue weighted by atomic mass is 9.89. The van der Waals surface area contributed by atoms with Crippen LogP contribution in [-0.2, 0) is 9.47 Å². The number of nitrogens with zero attached hydrogens (tertiary/aromatic N) is 1. The van der Waals surface area contributed by atoms with Crippen LogP contribution in [0.1, 0.15) is 26.2 Å². The average molecular weight is 268 g/mol. The first-order chi connectivity index (χ1) is 9.23. The Bertz CT molecular complexity index is 288. The van der Waals surface area contributed by atoms with Crippen molar-refractivity contribution in [3.05, 3.63) is 0 Å². The van der Waals surface area contributed by atoms with Gasteiger partial charge in [0.15, 0.2) is 0 Å². The van der Waals surface area contributed by atoms with Crippen molar-refractivity contribution in [2.75, 3.05) is 52.5 Å². The van der Waals surface area contributed by atoms with Crippen LogP contribution in [-0.4, -0.2) is 63.5 Å². The highest BCUT2D eigenvalue weighted by atomic mass is 16.5. The van der Waals surface area contributed by atoms with E-state index in [0.717, 1.165) is 45.4 Å². The van der Waals surface area contributed by atoms with Gasteiger partial charge in [-0.1, -0.05) is 6.92 Å². The van der Waals surface area contributed by atoms with Crippen LogP contribution in [0.5, 0.6) is 0 Å². The number of ether oxygens (including phenoxy) is 2. The molecular weight excluding hydrogens is 240 g/mol. The summed E-state index contributed by atoms with van der Waals surface area (Å²) in [6, 6.07) is 0. The Hall–Kier alpha value is -0.160. The highest BCUT2D eigenvalue weighted by molar-refractivity contribution is 4.88. The zero-order valence-electron chi connectivity index (χ0n) is 12.2. The molecule has 3 fully saturated rings. The summed E-state index contributed by atoms with van der Waals surface area (Å²) in [5.41, 5.74) is 0.455. The van der Waals surface area contributed by atoms with Gasteiger partial charge in [-0.05, 0) is 37.1 Å². The monoisotopic (exact) mass is 268 g/mol. The van der Waals surface area contributed by atoms with Crippen molar-refractivity contribution in [1.82, 2.24) is 10.2 Å². The van der Waals surface area contributed by atoms with Gasteiger partial charge in [0.05, 0.1) is 19.3 Å². The van der Waals surface area contributed by atoms with Crippen molar-refractivity contribution in [3.8, 4) is 0 Å². The van der Waals surface area contributed by atoms with Crippen LogP contribution in [0.4, 0.5) is 0 Å². The highest BCUT2D eigenvalue weighted by Gasteiger charge is 2.32. The van der Waals surface area contributed by atoms with Gasteiger partial charge in [-0.15, -0.1) is 0 Å². The quantitative estimate of drug-likeness (QED) is 0.782. The summed E-state index contributed by atoms with van der Waals surface area (Å²) in [5.74, 6) is 0.850. The Morgan fingerprint density at radius 2 is 2.26 bits per heavy atom. The highest BCUT2D eigenvalue weighted by Crippen LogP contribution is 2.29. The number of morpholine rings is 1. The molecule has 0 spiro atoms. The van der Waals surface area contributed by atoms with Crippen LogP contribution < -0.4 is 5.32 Å². The molecule has 0 bridgehead atoms. The van der Waals surface area contributed by atoms with Gasteiger partial charge in [-0.25, -0.2) is 0 Å². The molecule has 2 saturated heterocycles. The van der Waals surface area contributed by atoms with E-state index in [4.69, 9.17) is 9.47 Å². The SMILES string of the molecule is CC1(CN2CCOC(COCC3CC3)C2)CCNC1. The second kappa shape index (κ2) is 6.08. The predicted molar refractivity (Wildman–Crippen MR) is 75.3 cm³/mol. The van der Waals surface area contributed by atoms with E-state index in [1.165, 1.54) is 32.4 Å². The molecule has 4 heteroatoms. The molecule has 2 atom stereocenters. The molecular formula is C15H28N2O2. The Balaban J connectivity index is 1.39. The molecule has 0 radical (unpaired) electrons. The minimum absolute atomic E-state index is 0.283. The van der Waals surface area contributed by atoms with Crippen molar-refractivity contribution in [1.29, 1.82) is 0 Å². The van der Waals surface area contributed by atoms with Crippen molar-refractivity contribution in [3.63, 3.8) is 0 Å². The standard InChI is InChI=1S/C15H28N2O2/c1-15(4-5-16-11-15)12-17-6-7-19-14(8-17)10-18-9-13-2-3-13/h13-14,16H,2-12H2,1H3. The second-order valence-corrected chi connectivity index (χ2v) is 6.95. The van der Waals surface area contributed by atoms with E-state index >= 15 is 0 Å². The van der Waals surface area contributed by atoms with Crippen LogP contribution in [0.2, 0.25) is 0 Å². The zero-order chi connectivity index (χ0) is 13.1. The van der Waals surface area contributed by atoms with Gasteiger partial charge in [0.2, 0.25) is 0 Å². The first-order valence-electron chi connectivity index (χ1n) is 7.86. The fourth-order valence-electron chi connectivity index (χ4n) is 3.22. The molecule has 2 aliphatic heterocycles. The molecule has 4 nitrogen and oxygen atoms in total. The van der Waals surface area contributed by atoms with E-state index in [-0.39, 0.29) is 6.10 Å².